The van der Waals surface area contributed by atoms with Gasteiger partial charge in [-0.15, -0.1) is 0 Å². The Bertz CT molecular complexity index is 2540. The van der Waals surface area contributed by atoms with Crippen LogP contribution in [0, 0.1) is 0 Å². The standard InChI is InChI=1S/C50H45NO/c1-50(2,3)37-29-31-38(32-30-37)51(39-20-11-19-36(33-39)41-24-14-28-47-49(41)44-22-8-10-27-46(44)52-47)45-26-9-7-21-42(45)43-25-13-18-35-17-12-23-40(48(35)43)34-15-5-4-6-16-34/h7-14,17-34H,4-6,15-16H2,1-3H3. The zero-order valence-electron chi connectivity index (χ0n) is 30.4. The lowest BCUT2D eigenvalue weighted by atomic mass is 9.80. The maximum Gasteiger partial charge on any atom is 0.136 e. The first kappa shape index (κ1) is 32.3. The van der Waals surface area contributed by atoms with Crippen molar-refractivity contribution in [2.75, 3.05) is 4.90 Å². The van der Waals surface area contributed by atoms with Crippen LogP contribution in [0.5, 0.6) is 0 Å². The molecule has 0 radical (unpaired) electrons. The van der Waals surface area contributed by atoms with E-state index in [4.69, 9.17) is 4.42 Å². The van der Waals surface area contributed by atoms with E-state index in [9.17, 15) is 0 Å². The minimum absolute atomic E-state index is 0.0612. The van der Waals surface area contributed by atoms with Crippen molar-refractivity contribution in [3.63, 3.8) is 0 Å². The van der Waals surface area contributed by atoms with Crippen molar-refractivity contribution >= 4 is 49.8 Å². The molecule has 0 aliphatic heterocycles. The van der Waals surface area contributed by atoms with Crippen molar-refractivity contribution in [2.45, 2.75) is 64.2 Å². The molecule has 9 rings (SSSR count). The molecule has 1 heterocycles. The van der Waals surface area contributed by atoms with Gasteiger partial charge in [0, 0.05) is 27.7 Å². The summed E-state index contributed by atoms with van der Waals surface area (Å²) < 4.78 is 6.31. The predicted molar refractivity (Wildman–Crippen MR) is 221 cm³/mol. The van der Waals surface area contributed by atoms with E-state index in [1.807, 2.05) is 6.07 Å². The van der Waals surface area contributed by atoms with Gasteiger partial charge in [0.25, 0.3) is 0 Å². The zero-order valence-corrected chi connectivity index (χ0v) is 30.4. The maximum atomic E-state index is 6.31. The third kappa shape index (κ3) is 5.77. The van der Waals surface area contributed by atoms with Gasteiger partial charge in [-0.1, -0.05) is 149 Å². The molecule has 52 heavy (non-hydrogen) atoms. The van der Waals surface area contributed by atoms with Crippen LogP contribution in [0.3, 0.4) is 0 Å². The van der Waals surface area contributed by atoms with Crippen molar-refractivity contribution in [1.29, 1.82) is 0 Å². The molecule has 0 amide bonds. The Morgan fingerprint density at radius 1 is 0.538 bits per heavy atom. The minimum atomic E-state index is 0.0612. The fraction of sp³-hybridized carbons (Fsp3) is 0.200. The topological polar surface area (TPSA) is 16.4 Å². The summed E-state index contributed by atoms with van der Waals surface area (Å²) in [5.41, 5.74) is 13.0. The van der Waals surface area contributed by atoms with Crippen LogP contribution in [0.25, 0.3) is 55.0 Å². The van der Waals surface area contributed by atoms with Crippen LogP contribution in [0.1, 0.15) is 69.9 Å². The van der Waals surface area contributed by atoms with Crippen molar-refractivity contribution < 1.29 is 4.42 Å². The summed E-state index contributed by atoms with van der Waals surface area (Å²) in [7, 11) is 0. The number of rotatable bonds is 6. The van der Waals surface area contributed by atoms with Gasteiger partial charge in [-0.3, -0.25) is 0 Å². The van der Waals surface area contributed by atoms with E-state index in [1.165, 1.54) is 76.4 Å². The lowest BCUT2D eigenvalue weighted by molar-refractivity contribution is 0.445. The van der Waals surface area contributed by atoms with E-state index in [2.05, 4.69) is 171 Å². The van der Waals surface area contributed by atoms with E-state index in [0.717, 1.165) is 38.9 Å². The molecule has 1 aliphatic carbocycles. The van der Waals surface area contributed by atoms with Gasteiger partial charge in [-0.2, -0.15) is 0 Å². The lowest BCUT2D eigenvalue weighted by Gasteiger charge is -2.30. The summed E-state index contributed by atoms with van der Waals surface area (Å²) >= 11 is 0. The third-order valence-corrected chi connectivity index (χ3v) is 11.2. The molecule has 1 saturated carbocycles. The van der Waals surface area contributed by atoms with Crippen LogP contribution < -0.4 is 4.90 Å². The predicted octanol–water partition coefficient (Wildman–Crippen LogP) is 14.9. The van der Waals surface area contributed by atoms with E-state index in [0.29, 0.717) is 5.92 Å². The van der Waals surface area contributed by atoms with Crippen molar-refractivity contribution in [2.24, 2.45) is 0 Å². The monoisotopic (exact) mass is 675 g/mol. The Morgan fingerprint density at radius 2 is 1.21 bits per heavy atom. The first-order valence-corrected chi connectivity index (χ1v) is 19.0. The van der Waals surface area contributed by atoms with Crippen molar-refractivity contribution in [3.8, 4) is 22.3 Å². The van der Waals surface area contributed by atoms with Gasteiger partial charge in [-0.05, 0) is 105 Å². The van der Waals surface area contributed by atoms with Crippen LogP contribution >= 0.6 is 0 Å². The highest BCUT2D eigenvalue weighted by atomic mass is 16.3. The molecule has 2 nitrogen and oxygen atoms in total. The number of nitrogens with zero attached hydrogens (tertiary/aromatic N) is 1. The molecule has 8 aromatic rings. The van der Waals surface area contributed by atoms with Crippen LogP contribution in [0.15, 0.2) is 156 Å². The minimum Gasteiger partial charge on any atom is -0.456 e. The molecule has 0 atom stereocenters. The molecule has 2 heteroatoms. The Morgan fingerprint density at radius 3 is 2.04 bits per heavy atom. The van der Waals surface area contributed by atoms with E-state index < -0.39 is 0 Å². The first-order valence-electron chi connectivity index (χ1n) is 19.0. The van der Waals surface area contributed by atoms with Crippen LogP contribution in [-0.4, -0.2) is 0 Å². The van der Waals surface area contributed by atoms with Gasteiger partial charge >= 0.3 is 0 Å². The molecule has 0 saturated heterocycles. The molecule has 0 bridgehead atoms. The number of furan rings is 1. The summed E-state index contributed by atoms with van der Waals surface area (Å²) in [5.74, 6) is 0.602. The maximum absolute atomic E-state index is 6.31. The largest absolute Gasteiger partial charge is 0.456 e. The van der Waals surface area contributed by atoms with E-state index >= 15 is 0 Å². The molecule has 1 fully saturated rings. The van der Waals surface area contributed by atoms with Gasteiger partial charge in [0.05, 0.1) is 5.69 Å². The molecule has 256 valence electrons. The molecule has 0 unspecified atom stereocenters. The second kappa shape index (κ2) is 13.2. The Labute approximate surface area is 307 Å². The summed E-state index contributed by atoms with van der Waals surface area (Å²) in [6, 6.07) is 55.8. The number of hydrogen-bond acceptors (Lipinski definition) is 2. The van der Waals surface area contributed by atoms with Gasteiger partial charge in [0.2, 0.25) is 0 Å². The number of para-hydroxylation sites is 2. The Kier molecular flexibility index (Phi) is 8.19. The molecule has 1 aliphatic rings. The molecule has 0 spiro atoms. The van der Waals surface area contributed by atoms with Gasteiger partial charge in [-0.25, -0.2) is 0 Å². The quantitative estimate of drug-likeness (QED) is 0.174. The lowest BCUT2D eigenvalue weighted by Crippen LogP contribution is -2.14. The highest BCUT2D eigenvalue weighted by Crippen LogP contribution is 2.47. The van der Waals surface area contributed by atoms with Crippen LogP contribution in [0.4, 0.5) is 17.1 Å². The van der Waals surface area contributed by atoms with Crippen molar-refractivity contribution in [1.82, 2.24) is 0 Å². The average Bonchev–Trinajstić information content (AvgIpc) is 3.57. The van der Waals surface area contributed by atoms with Crippen LogP contribution in [0.2, 0.25) is 0 Å². The highest BCUT2D eigenvalue weighted by Gasteiger charge is 2.24. The summed E-state index contributed by atoms with van der Waals surface area (Å²) in [5, 5.41) is 5.02. The molecule has 1 aromatic heterocycles. The Balaban J connectivity index is 1.26. The van der Waals surface area contributed by atoms with Crippen molar-refractivity contribution in [3.05, 3.63) is 163 Å². The van der Waals surface area contributed by atoms with E-state index in [1.54, 1.807) is 0 Å². The van der Waals surface area contributed by atoms with Gasteiger partial charge in [0.15, 0.2) is 0 Å². The molecule has 7 aromatic carbocycles. The van der Waals surface area contributed by atoms with Gasteiger partial charge in [0.1, 0.15) is 11.2 Å². The second-order valence-corrected chi connectivity index (χ2v) is 15.6. The fourth-order valence-corrected chi connectivity index (χ4v) is 8.61. The second-order valence-electron chi connectivity index (χ2n) is 15.6. The highest BCUT2D eigenvalue weighted by molar-refractivity contribution is 6.12. The summed E-state index contributed by atoms with van der Waals surface area (Å²) in [6.45, 7) is 6.84. The molecule has 0 N–H and O–H groups in total. The normalized spacial score (nSPS) is 14.0. The van der Waals surface area contributed by atoms with Crippen LogP contribution in [-0.2, 0) is 5.41 Å². The van der Waals surface area contributed by atoms with E-state index in [-0.39, 0.29) is 5.41 Å². The zero-order chi connectivity index (χ0) is 35.2. The number of benzene rings is 7. The smallest absolute Gasteiger partial charge is 0.136 e. The third-order valence-electron chi connectivity index (χ3n) is 11.2. The number of anilines is 3. The molecular formula is C50H45NO. The summed E-state index contributed by atoms with van der Waals surface area (Å²) in [6.07, 6.45) is 6.53. The first-order chi connectivity index (χ1) is 25.4. The van der Waals surface area contributed by atoms with Gasteiger partial charge < -0.3 is 9.32 Å². The number of hydrogen-bond donors (Lipinski definition) is 0. The summed E-state index contributed by atoms with van der Waals surface area (Å²) in [4.78, 5) is 2.46. The SMILES string of the molecule is CC(C)(C)c1ccc(N(c2cccc(-c3cccc4oc5ccccc5c34)c2)c2ccccc2-c2cccc3cccc(C4CCCCC4)c23)cc1. The fourth-order valence-electron chi connectivity index (χ4n) is 8.61. The molecular weight excluding hydrogens is 631 g/mol. The average molecular weight is 676 g/mol. The number of fused-ring (bicyclic) bond motifs is 4. The Hall–Kier alpha value is -5.60.